The van der Waals surface area contributed by atoms with Gasteiger partial charge in [-0.25, -0.2) is 4.99 Å². The highest BCUT2D eigenvalue weighted by atomic mass is 35.5. The predicted octanol–water partition coefficient (Wildman–Crippen LogP) is 16.1. The number of methoxy groups -OCH3 is 1. The maximum atomic E-state index is 15.9. The van der Waals surface area contributed by atoms with E-state index in [2.05, 4.69) is 6.07 Å². The molecule has 0 spiro atoms. The van der Waals surface area contributed by atoms with Crippen LogP contribution in [0.15, 0.2) is 180 Å². The van der Waals surface area contributed by atoms with Crippen LogP contribution in [-0.2, 0) is 44.7 Å². The molecule has 0 radical (unpaired) electrons. The summed E-state index contributed by atoms with van der Waals surface area (Å²) in [7, 11) is 0.346. The Morgan fingerprint density at radius 2 is 1.33 bits per heavy atom. The van der Waals surface area contributed by atoms with Crippen molar-refractivity contribution in [3.8, 4) is 56.5 Å². The molecule has 0 fully saturated rings. The van der Waals surface area contributed by atoms with Gasteiger partial charge in [0.05, 0.1) is 60.9 Å². The van der Waals surface area contributed by atoms with Crippen molar-refractivity contribution in [2.24, 2.45) is 4.99 Å². The molecule has 9 aromatic rings. The minimum absolute atomic E-state index is 0.0608. The molecule has 0 saturated carbocycles. The number of esters is 1. The quantitative estimate of drug-likeness (QED) is 0.0241. The maximum Gasteiger partial charge on any atom is 0.678 e. The van der Waals surface area contributed by atoms with Gasteiger partial charge in [0, 0.05) is 93.1 Å². The first-order valence-electron chi connectivity index (χ1n) is 30.0. The third kappa shape index (κ3) is 11.9. The van der Waals surface area contributed by atoms with E-state index in [0.717, 1.165) is 104 Å². The average molecular weight is 1240 g/mol. The van der Waals surface area contributed by atoms with Gasteiger partial charge in [-0.2, -0.15) is 0 Å². The molecular formula is C73H60BCl2F2N3O9. The van der Waals surface area contributed by atoms with E-state index in [9.17, 15) is 14.4 Å². The number of amides is 1. The number of nitrogens with zero attached hydrogens (tertiary/aromatic N) is 3. The normalized spacial score (nSPS) is 14.1. The number of hydrogen-bond donors (Lipinski definition) is 0. The highest BCUT2D eigenvalue weighted by molar-refractivity contribution is 6.43. The topological polar surface area (TPSA) is 127 Å². The molecule has 2 aliphatic heterocycles. The highest BCUT2D eigenvalue weighted by Crippen LogP contribution is 2.50. The van der Waals surface area contributed by atoms with Crippen molar-refractivity contribution >= 4 is 76.5 Å². The van der Waals surface area contributed by atoms with Crippen molar-refractivity contribution in [2.75, 3.05) is 58.7 Å². The highest BCUT2D eigenvalue weighted by Gasteiger charge is 2.35. The molecule has 452 valence electrons. The minimum Gasteiger partial charge on any atom is -0.491 e. The lowest BCUT2D eigenvalue weighted by Gasteiger charge is -2.25. The van der Waals surface area contributed by atoms with Crippen LogP contribution in [0.2, 0.25) is 10.0 Å². The van der Waals surface area contributed by atoms with Crippen LogP contribution in [-0.4, -0.2) is 89.6 Å². The number of anilines is 1. The molecule has 13 rings (SSSR count). The van der Waals surface area contributed by atoms with Gasteiger partial charge in [-0.1, -0.05) is 114 Å². The Labute approximate surface area is 530 Å². The molecule has 1 amide bonds. The SMILES string of the molecule is COCCOCCOCCOc1ccc(-c2ccc3c(c2)-c2ccc(C=O)c4c(C(=O)N(C)c5ccc(CC(=O)Oc6cc(Cl)c(/C(=C7\C=C8CCCc9ccccc9C8=N7)c7cc8c(n7B(F)F)-c7ccccc7CCC8)c(Cl)c6)cc5)ccc(c24)O3)cc1. The third-order valence-corrected chi connectivity index (χ3v) is 17.6. The first-order chi connectivity index (χ1) is 43.9. The van der Waals surface area contributed by atoms with Gasteiger partial charge < -0.3 is 37.8 Å². The Balaban J connectivity index is 0.727. The summed E-state index contributed by atoms with van der Waals surface area (Å²) in [5.74, 6) is 0.928. The van der Waals surface area contributed by atoms with E-state index in [1.54, 1.807) is 56.6 Å². The number of fused-ring (bicyclic) bond motifs is 8. The number of rotatable bonds is 20. The number of hydrogen-bond acceptors (Lipinski definition) is 10. The summed E-state index contributed by atoms with van der Waals surface area (Å²) in [6, 6.07) is 48.3. The summed E-state index contributed by atoms with van der Waals surface area (Å²) < 4.78 is 67.3. The summed E-state index contributed by atoms with van der Waals surface area (Å²) in [6.45, 7) is 2.82. The molecule has 90 heavy (non-hydrogen) atoms. The van der Waals surface area contributed by atoms with Crippen LogP contribution in [0.5, 0.6) is 23.0 Å². The lowest BCUT2D eigenvalue weighted by atomic mass is 9.88. The van der Waals surface area contributed by atoms with Crippen molar-refractivity contribution in [2.45, 2.75) is 44.9 Å². The van der Waals surface area contributed by atoms with E-state index in [0.29, 0.717) is 113 Å². The standard InChI is InChI=1S/C73H60BCl2F2N3O9/c1-80(73(84)58-28-30-65-68-57(27-21-51(43-82)67(58)68)59-38-48(22-29-64(59)90-65)45-19-25-53(26-20-45)88-36-35-87-34-33-86-32-31-85-2)52-23-17-44(18-24-52)37-66(83)89-54-41-60(75)69(61(76)42-54)70(62-39-49-13-7-11-46-9-3-5-15-55(46)71(49)79-62)63-40-50-14-8-12-47-10-4-6-16-56(47)72(50)81(63)74(77)78/h3-6,9-10,15-30,38-43H,7-8,11-14,31-37H2,1-2H3/b70-62+. The van der Waals surface area contributed by atoms with Gasteiger partial charge in [-0.05, 0) is 144 Å². The van der Waals surface area contributed by atoms with Crippen molar-refractivity contribution in [1.82, 2.24) is 4.48 Å². The molecule has 12 nitrogen and oxygen atoms in total. The van der Waals surface area contributed by atoms with E-state index in [1.807, 2.05) is 103 Å². The van der Waals surface area contributed by atoms with Crippen LogP contribution in [0.1, 0.15) is 79.1 Å². The molecule has 0 N–H and O–H groups in total. The second-order valence-electron chi connectivity index (χ2n) is 22.5. The summed E-state index contributed by atoms with van der Waals surface area (Å²) in [4.78, 5) is 47.9. The van der Waals surface area contributed by atoms with Gasteiger partial charge in [-0.3, -0.25) is 23.0 Å². The van der Waals surface area contributed by atoms with Crippen LogP contribution in [0.3, 0.4) is 0 Å². The van der Waals surface area contributed by atoms with E-state index in [4.69, 9.17) is 56.6 Å². The Bertz CT molecular complexity index is 4390. The fraction of sp³-hybridized carbons (Fsp3) is 0.205. The van der Waals surface area contributed by atoms with Crippen LogP contribution in [0, 0.1) is 0 Å². The molecule has 0 bridgehead atoms. The Kier molecular flexibility index (Phi) is 17.5. The molecule has 0 unspecified atom stereocenters. The number of halogens is 4. The second kappa shape index (κ2) is 26.2. The lowest BCUT2D eigenvalue weighted by molar-refractivity contribution is -0.133. The fourth-order valence-electron chi connectivity index (χ4n) is 12.7. The van der Waals surface area contributed by atoms with E-state index in [1.165, 1.54) is 17.0 Å². The van der Waals surface area contributed by atoms with Gasteiger partial charge >= 0.3 is 13.4 Å². The molecule has 3 heterocycles. The maximum absolute atomic E-state index is 15.9. The van der Waals surface area contributed by atoms with Crippen LogP contribution in [0.4, 0.5) is 14.3 Å². The van der Waals surface area contributed by atoms with E-state index < -0.39 is 13.4 Å². The van der Waals surface area contributed by atoms with Gasteiger partial charge in [0.25, 0.3) is 5.91 Å². The second-order valence-corrected chi connectivity index (χ2v) is 23.3. The zero-order chi connectivity index (χ0) is 62.0. The number of aromatic nitrogens is 1. The van der Waals surface area contributed by atoms with Gasteiger partial charge in [-0.15, -0.1) is 0 Å². The van der Waals surface area contributed by atoms with Crippen molar-refractivity contribution < 1.29 is 51.4 Å². The summed E-state index contributed by atoms with van der Waals surface area (Å²) in [5.41, 5.74) is 13.5. The number of aldehydes is 1. The molecule has 0 atom stereocenters. The predicted molar refractivity (Wildman–Crippen MR) is 350 cm³/mol. The number of benzene rings is 8. The molecular weight excluding hydrogens is 1180 g/mol. The van der Waals surface area contributed by atoms with E-state index >= 15 is 8.63 Å². The molecule has 17 heteroatoms. The summed E-state index contributed by atoms with van der Waals surface area (Å²) >= 11 is 14.5. The lowest BCUT2D eigenvalue weighted by Crippen LogP contribution is -2.26. The number of aryl methyl sites for hydroxylation is 3. The molecule has 0 saturated heterocycles. The summed E-state index contributed by atoms with van der Waals surface area (Å²) in [5, 5.41) is 1.26. The molecule has 4 aliphatic rings. The first kappa shape index (κ1) is 60.0. The number of ether oxygens (including phenoxy) is 6. The van der Waals surface area contributed by atoms with Gasteiger partial charge in [0.15, 0.2) is 6.29 Å². The number of carbonyl (C=O) groups excluding carboxylic acids is 3. The zero-order valence-corrected chi connectivity index (χ0v) is 51.0. The van der Waals surface area contributed by atoms with Crippen LogP contribution < -0.4 is 19.1 Å². The number of allylic oxidation sites excluding steroid dienone is 2. The third-order valence-electron chi connectivity index (χ3n) is 17.0. The van der Waals surface area contributed by atoms with Crippen molar-refractivity contribution in [3.05, 3.63) is 235 Å². The Morgan fingerprint density at radius 3 is 2.07 bits per heavy atom. The van der Waals surface area contributed by atoms with Crippen molar-refractivity contribution in [1.29, 1.82) is 0 Å². The number of carbonyl (C=O) groups is 3. The van der Waals surface area contributed by atoms with Crippen molar-refractivity contribution in [3.63, 3.8) is 0 Å². The smallest absolute Gasteiger partial charge is 0.491 e. The largest absolute Gasteiger partial charge is 0.678 e. The van der Waals surface area contributed by atoms with Crippen LogP contribution >= 0.6 is 23.2 Å². The monoisotopic (exact) mass is 1240 g/mol. The Hall–Kier alpha value is -8.96. The average Bonchev–Trinajstić information content (AvgIpc) is 1.10. The summed E-state index contributed by atoms with van der Waals surface area (Å²) in [6.07, 6.45) is 7.20. The fourth-order valence-corrected chi connectivity index (χ4v) is 13.3. The van der Waals surface area contributed by atoms with Crippen LogP contribution in [0.25, 0.3) is 49.9 Å². The van der Waals surface area contributed by atoms with E-state index in [-0.39, 0.29) is 39.4 Å². The molecule has 1 aromatic heterocycles. The first-order valence-corrected chi connectivity index (χ1v) is 30.7. The zero-order valence-electron chi connectivity index (χ0n) is 49.5. The molecule has 8 aromatic carbocycles. The number of aliphatic imine (C=N–C) groups is 1. The minimum atomic E-state index is -2.93. The van der Waals surface area contributed by atoms with Gasteiger partial charge in [0.2, 0.25) is 0 Å². The molecule has 2 aliphatic carbocycles. The Morgan fingerprint density at radius 1 is 0.667 bits per heavy atom. The van der Waals surface area contributed by atoms with Gasteiger partial charge in [0.1, 0.15) is 29.6 Å².